The molecule has 2 N–H and O–H groups in total. The van der Waals surface area contributed by atoms with E-state index in [1.54, 1.807) is 38.1 Å². The van der Waals surface area contributed by atoms with E-state index in [9.17, 15) is 13.2 Å². The lowest BCUT2D eigenvalue weighted by Crippen LogP contribution is -2.28. The molecule has 0 unspecified atom stereocenters. The molecule has 3 aromatic rings. The van der Waals surface area contributed by atoms with E-state index in [1.165, 1.54) is 0 Å². The Balaban J connectivity index is 1.89. The van der Waals surface area contributed by atoms with Crippen molar-refractivity contribution >= 4 is 21.6 Å². The van der Waals surface area contributed by atoms with Crippen molar-refractivity contribution in [3.63, 3.8) is 0 Å². The molecular weight excluding hydrogens is 396 g/mol. The summed E-state index contributed by atoms with van der Waals surface area (Å²) in [5.74, 6) is -0.345. The number of rotatable bonds is 6. The van der Waals surface area contributed by atoms with Crippen molar-refractivity contribution in [2.75, 3.05) is 4.72 Å². The van der Waals surface area contributed by atoms with Gasteiger partial charge in [-0.3, -0.25) is 9.52 Å². The maximum absolute atomic E-state index is 13.1. The van der Waals surface area contributed by atoms with Crippen molar-refractivity contribution in [1.29, 1.82) is 0 Å². The lowest BCUT2D eigenvalue weighted by atomic mass is 10.1. The van der Waals surface area contributed by atoms with Crippen molar-refractivity contribution in [2.24, 2.45) is 0 Å². The second-order valence-electron chi connectivity index (χ2n) is 7.48. The zero-order valence-corrected chi connectivity index (χ0v) is 18.4. The van der Waals surface area contributed by atoms with Gasteiger partial charge in [-0.2, -0.15) is 0 Å². The van der Waals surface area contributed by atoms with Crippen LogP contribution in [0.15, 0.2) is 71.6 Å². The molecule has 1 atom stereocenters. The summed E-state index contributed by atoms with van der Waals surface area (Å²) < 4.78 is 28.9. The Hall–Kier alpha value is -3.12. The number of benzene rings is 3. The van der Waals surface area contributed by atoms with Crippen LogP contribution in [0.3, 0.4) is 0 Å². The monoisotopic (exact) mass is 422 g/mol. The molecule has 6 heteroatoms. The minimum Gasteiger partial charge on any atom is -0.345 e. The van der Waals surface area contributed by atoms with Gasteiger partial charge in [0.05, 0.1) is 22.2 Å². The largest absolute Gasteiger partial charge is 0.345 e. The molecule has 156 valence electrons. The number of para-hydroxylation sites is 1. The number of sulfonamides is 1. The highest BCUT2D eigenvalue weighted by Crippen LogP contribution is 2.26. The summed E-state index contributed by atoms with van der Waals surface area (Å²) in [5.41, 5.74) is 3.81. The fraction of sp³-hybridized carbons (Fsp3) is 0.208. The second-order valence-corrected chi connectivity index (χ2v) is 9.10. The number of nitrogens with one attached hydrogen (secondary N) is 2. The maximum Gasteiger partial charge on any atom is 0.262 e. The summed E-state index contributed by atoms with van der Waals surface area (Å²) in [7, 11) is -3.86. The second kappa shape index (κ2) is 8.71. The Kier molecular flexibility index (Phi) is 6.27. The quantitative estimate of drug-likeness (QED) is 0.593. The SMILES string of the molecule is Cc1cc(C)c(S(=O)(=O)Nc2ccccc2C(=O)N[C@@H](C)c2ccccc2)c(C)c1. The van der Waals surface area contributed by atoms with Crippen molar-refractivity contribution in [3.8, 4) is 0 Å². The Labute approximate surface area is 178 Å². The number of anilines is 1. The molecule has 30 heavy (non-hydrogen) atoms. The van der Waals surface area contributed by atoms with Crippen LogP contribution < -0.4 is 10.0 Å². The summed E-state index contributed by atoms with van der Waals surface area (Å²) in [6.07, 6.45) is 0. The molecule has 0 heterocycles. The first kappa shape index (κ1) is 21.6. The van der Waals surface area contributed by atoms with Crippen molar-refractivity contribution in [3.05, 3.63) is 94.5 Å². The van der Waals surface area contributed by atoms with Gasteiger partial charge in [-0.25, -0.2) is 8.42 Å². The van der Waals surface area contributed by atoms with E-state index >= 15 is 0 Å². The van der Waals surface area contributed by atoms with Crippen molar-refractivity contribution in [1.82, 2.24) is 5.32 Å². The number of hydrogen-bond donors (Lipinski definition) is 2. The van der Waals surface area contributed by atoms with Gasteiger partial charge in [0.1, 0.15) is 0 Å². The van der Waals surface area contributed by atoms with E-state index in [2.05, 4.69) is 10.0 Å². The predicted octanol–water partition coefficient (Wildman–Crippen LogP) is 4.90. The molecule has 0 fully saturated rings. The average Bonchev–Trinajstić information content (AvgIpc) is 2.67. The van der Waals surface area contributed by atoms with Gasteiger partial charge >= 0.3 is 0 Å². The molecule has 3 rings (SSSR count). The molecule has 0 bridgehead atoms. The Bertz CT molecular complexity index is 1150. The predicted molar refractivity (Wildman–Crippen MR) is 120 cm³/mol. The van der Waals surface area contributed by atoms with Crippen LogP contribution in [-0.4, -0.2) is 14.3 Å². The van der Waals surface area contributed by atoms with E-state index in [-0.39, 0.29) is 28.1 Å². The number of carbonyl (C=O) groups excluding carboxylic acids is 1. The third kappa shape index (κ3) is 4.71. The van der Waals surface area contributed by atoms with Crippen LogP contribution >= 0.6 is 0 Å². The van der Waals surface area contributed by atoms with Gasteiger partial charge in [0.2, 0.25) is 0 Å². The first-order valence-corrected chi connectivity index (χ1v) is 11.2. The highest BCUT2D eigenvalue weighted by molar-refractivity contribution is 7.92. The highest BCUT2D eigenvalue weighted by atomic mass is 32.2. The van der Waals surface area contributed by atoms with E-state index in [4.69, 9.17) is 0 Å². The van der Waals surface area contributed by atoms with Gasteiger partial charge in [-0.15, -0.1) is 0 Å². The van der Waals surface area contributed by atoms with E-state index in [1.807, 2.05) is 56.3 Å². The third-order valence-corrected chi connectivity index (χ3v) is 6.61. The van der Waals surface area contributed by atoms with Gasteiger partial charge in [-0.05, 0) is 56.5 Å². The van der Waals surface area contributed by atoms with Crippen molar-refractivity contribution in [2.45, 2.75) is 38.6 Å². The molecule has 3 aromatic carbocycles. The molecule has 1 amide bonds. The third-order valence-electron chi connectivity index (χ3n) is 4.94. The molecule has 0 aliphatic rings. The van der Waals surface area contributed by atoms with Crippen molar-refractivity contribution < 1.29 is 13.2 Å². The first-order valence-electron chi connectivity index (χ1n) is 9.74. The Morgan fingerprint density at radius 2 is 1.43 bits per heavy atom. The highest BCUT2D eigenvalue weighted by Gasteiger charge is 2.23. The lowest BCUT2D eigenvalue weighted by molar-refractivity contribution is 0.0941. The van der Waals surface area contributed by atoms with Gasteiger partial charge < -0.3 is 5.32 Å². The van der Waals surface area contributed by atoms with E-state index in [0.29, 0.717) is 11.1 Å². The number of amides is 1. The molecule has 0 saturated carbocycles. The minimum atomic E-state index is -3.86. The van der Waals surface area contributed by atoms with Crippen LogP contribution in [0.1, 0.15) is 45.6 Å². The van der Waals surface area contributed by atoms with Gasteiger partial charge in [0, 0.05) is 0 Å². The summed E-state index contributed by atoms with van der Waals surface area (Å²) in [6.45, 7) is 7.36. The zero-order valence-electron chi connectivity index (χ0n) is 17.6. The van der Waals surface area contributed by atoms with Crippen LogP contribution in [0.5, 0.6) is 0 Å². The summed E-state index contributed by atoms with van der Waals surface area (Å²) in [5, 5.41) is 2.93. The van der Waals surface area contributed by atoms with Gasteiger partial charge in [0.15, 0.2) is 0 Å². The smallest absolute Gasteiger partial charge is 0.262 e. The number of hydrogen-bond acceptors (Lipinski definition) is 3. The minimum absolute atomic E-state index is 0.218. The van der Waals surface area contributed by atoms with Crippen LogP contribution in [0, 0.1) is 20.8 Å². The summed E-state index contributed by atoms with van der Waals surface area (Å²) >= 11 is 0. The topological polar surface area (TPSA) is 75.3 Å². The van der Waals surface area contributed by atoms with Crippen LogP contribution in [0.25, 0.3) is 0 Å². The first-order chi connectivity index (χ1) is 14.2. The normalized spacial score (nSPS) is 12.3. The van der Waals surface area contributed by atoms with Crippen LogP contribution in [0.2, 0.25) is 0 Å². The number of aryl methyl sites for hydroxylation is 3. The molecule has 5 nitrogen and oxygen atoms in total. The van der Waals surface area contributed by atoms with Gasteiger partial charge in [-0.1, -0.05) is 60.2 Å². The summed E-state index contributed by atoms with van der Waals surface area (Å²) in [4.78, 5) is 13.1. The molecule has 0 spiro atoms. The van der Waals surface area contributed by atoms with Crippen LogP contribution in [0.4, 0.5) is 5.69 Å². The standard InChI is InChI=1S/C24H26N2O3S/c1-16-14-17(2)23(18(3)15-16)30(28,29)26-22-13-9-8-12-21(22)24(27)25-19(4)20-10-6-5-7-11-20/h5-15,19,26H,1-4H3,(H,25,27)/t19-/m0/s1. The van der Waals surface area contributed by atoms with Crippen LogP contribution in [-0.2, 0) is 10.0 Å². The molecule has 0 saturated heterocycles. The zero-order chi connectivity index (χ0) is 21.9. The fourth-order valence-corrected chi connectivity index (χ4v) is 5.19. The number of carbonyl (C=O) groups is 1. The Morgan fingerprint density at radius 3 is 2.07 bits per heavy atom. The maximum atomic E-state index is 13.1. The average molecular weight is 423 g/mol. The molecule has 0 radical (unpaired) electrons. The molecule has 0 aromatic heterocycles. The fourth-order valence-electron chi connectivity index (χ4n) is 3.66. The van der Waals surface area contributed by atoms with Gasteiger partial charge in [0.25, 0.3) is 15.9 Å². The lowest BCUT2D eigenvalue weighted by Gasteiger charge is -2.18. The molecular formula is C24H26N2O3S. The molecule has 0 aliphatic carbocycles. The van der Waals surface area contributed by atoms with E-state index < -0.39 is 10.0 Å². The van der Waals surface area contributed by atoms with E-state index in [0.717, 1.165) is 11.1 Å². The molecule has 0 aliphatic heterocycles. The Morgan fingerprint density at radius 1 is 0.867 bits per heavy atom. The summed E-state index contributed by atoms with van der Waals surface area (Å²) in [6, 6.07) is 19.7.